The van der Waals surface area contributed by atoms with Gasteiger partial charge in [0, 0.05) is 12.8 Å². The molecule has 0 rings (SSSR count). The van der Waals surface area contributed by atoms with Crippen molar-refractivity contribution in [1.82, 2.24) is 0 Å². The van der Waals surface area contributed by atoms with Crippen LogP contribution in [0, 0.1) is 5.92 Å². The summed E-state index contributed by atoms with van der Waals surface area (Å²) >= 11 is 0. The SMILES string of the molecule is NC(=O)CC[C@@H](N)C(=O)C(CCCC(=O)O)C(N)(N)C(=O)O. The van der Waals surface area contributed by atoms with Crippen molar-refractivity contribution >= 4 is 23.6 Å². The Balaban J connectivity index is 5.04. The summed E-state index contributed by atoms with van der Waals surface area (Å²) in [4.78, 5) is 44.6. The lowest BCUT2D eigenvalue weighted by Crippen LogP contribution is -2.65. The number of aliphatic carboxylic acids is 2. The van der Waals surface area contributed by atoms with Gasteiger partial charge in [0.1, 0.15) is 0 Å². The molecule has 0 aromatic rings. The lowest BCUT2D eigenvalue weighted by atomic mass is 9.82. The van der Waals surface area contributed by atoms with Crippen LogP contribution in [0.1, 0.15) is 32.1 Å². The van der Waals surface area contributed by atoms with E-state index in [0.29, 0.717) is 0 Å². The molecule has 1 unspecified atom stereocenters. The van der Waals surface area contributed by atoms with Crippen molar-refractivity contribution in [2.75, 3.05) is 0 Å². The fourth-order valence-electron chi connectivity index (χ4n) is 1.92. The highest BCUT2D eigenvalue weighted by Crippen LogP contribution is 2.21. The predicted molar refractivity (Wildman–Crippen MR) is 75.1 cm³/mol. The van der Waals surface area contributed by atoms with E-state index < -0.39 is 41.3 Å². The number of carboxylic acids is 2. The second kappa shape index (κ2) is 8.41. The van der Waals surface area contributed by atoms with E-state index in [1.165, 1.54) is 0 Å². The van der Waals surface area contributed by atoms with E-state index >= 15 is 0 Å². The van der Waals surface area contributed by atoms with Crippen LogP contribution >= 0.6 is 0 Å². The minimum Gasteiger partial charge on any atom is -0.481 e. The Labute approximate surface area is 126 Å². The molecule has 0 saturated heterocycles. The van der Waals surface area contributed by atoms with Gasteiger partial charge in [-0.05, 0) is 19.3 Å². The van der Waals surface area contributed by atoms with E-state index in [1.54, 1.807) is 0 Å². The highest BCUT2D eigenvalue weighted by atomic mass is 16.4. The van der Waals surface area contributed by atoms with Crippen LogP contribution in [-0.4, -0.2) is 45.5 Å². The molecule has 0 fully saturated rings. The van der Waals surface area contributed by atoms with Crippen molar-refractivity contribution in [1.29, 1.82) is 0 Å². The van der Waals surface area contributed by atoms with Gasteiger partial charge in [-0.1, -0.05) is 0 Å². The van der Waals surface area contributed by atoms with Gasteiger partial charge >= 0.3 is 11.9 Å². The maximum absolute atomic E-state index is 12.2. The molecule has 10 N–H and O–H groups in total. The number of carbonyl (C=O) groups is 4. The highest BCUT2D eigenvalue weighted by molar-refractivity contribution is 5.93. The molecule has 126 valence electrons. The predicted octanol–water partition coefficient (Wildman–Crippen LogP) is -2.28. The van der Waals surface area contributed by atoms with Crippen LogP contribution in [0.2, 0.25) is 0 Å². The van der Waals surface area contributed by atoms with Crippen molar-refractivity contribution in [2.45, 2.75) is 43.8 Å². The molecule has 0 bridgehead atoms. The Morgan fingerprint density at radius 3 is 1.95 bits per heavy atom. The zero-order valence-electron chi connectivity index (χ0n) is 12.0. The zero-order valence-corrected chi connectivity index (χ0v) is 12.0. The van der Waals surface area contributed by atoms with Crippen LogP contribution in [0.4, 0.5) is 0 Å². The van der Waals surface area contributed by atoms with Gasteiger partial charge in [0.05, 0.1) is 12.0 Å². The molecule has 10 nitrogen and oxygen atoms in total. The van der Waals surface area contributed by atoms with Crippen LogP contribution in [0.5, 0.6) is 0 Å². The second-order valence-corrected chi connectivity index (χ2v) is 5.09. The number of hydrogen-bond donors (Lipinski definition) is 6. The number of rotatable bonds is 11. The van der Waals surface area contributed by atoms with E-state index in [0.717, 1.165) is 0 Å². The monoisotopic (exact) mass is 318 g/mol. The maximum atomic E-state index is 12.2. The van der Waals surface area contributed by atoms with Crippen molar-refractivity contribution in [3.05, 3.63) is 0 Å². The van der Waals surface area contributed by atoms with Crippen molar-refractivity contribution in [3.63, 3.8) is 0 Å². The molecule has 0 heterocycles. The van der Waals surface area contributed by atoms with E-state index in [4.69, 9.17) is 33.1 Å². The van der Waals surface area contributed by atoms with Gasteiger partial charge in [-0.3, -0.25) is 14.4 Å². The van der Waals surface area contributed by atoms with Gasteiger partial charge < -0.3 is 33.1 Å². The van der Waals surface area contributed by atoms with E-state index in [9.17, 15) is 19.2 Å². The van der Waals surface area contributed by atoms with E-state index in [-0.39, 0.29) is 32.1 Å². The largest absolute Gasteiger partial charge is 0.481 e. The van der Waals surface area contributed by atoms with E-state index in [1.807, 2.05) is 0 Å². The Bertz CT molecular complexity index is 451. The molecule has 0 radical (unpaired) electrons. The third-order valence-corrected chi connectivity index (χ3v) is 3.24. The minimum atomic E-state index is -2.38. The highest BCUT2D eigenvalue weighted by Gasteiger charge is 2.44. The number of carboxylic acid groups (broad SMARTS) is 2. The number of amides is 1. The summed E-state index contributed by atoms with van der Waals surface area (Å²) in [6.45, 7) is 0. The number of Topliss-reactive ketones (excluding diaryl/α,β-unsaturated/α-hetero) is 1. The molecular formula is C12H22N4O6. The molecule has 0 aliphatic carbocycles. The molecule has 0 saturated carbocycles. The molecule has 1 amide bonds. The summed E-state index contributed by atoms with van der Waals surface area (Å²) in [5, 5.41) is 17.6. The van der Waals surface area contributed by atoms with Crippen LogP contribution in [0.3, 0.4) is 0 Å². The molecule has 22 heavy (non-hydrogen) atoms. The fraction of sp³-hybridized carbons (Fsp3) is 0.667. The molecule has 0 spiro atoms. The lowest BCUT2D eigenvalue weighted by Gasteiger charge is -2.30. The Morgan fingerprint density at radius 1 is 1.00 bits per heavy atom. The summed E-state index contributed by atoms with van der Waals surface area (Å²) in [5.74, 6) is -5.47. The molecule has 10 heteroatoms. The van der Waals surface area contributed by atoms with Gasteiger partial charge in [-0.15, -0.1) is 0 Å². The first-order chi connectivity index (χ1) is 10.00. The van der Waals surface area contributed by atoms with Crippen LogP contribution in [-0.2, 0) is 19.2 Å². The lowest BCUT2D eigenvalue weighted by molar-refractivity contribution is -0.149. The normalized spacial score (nSPS) is 14.1. The van der Waals surface area contributed by atoms with Crippen LogP contribution in [0.15, 0.2) is 0 Å². The van der Waals surface area contributed by atoms with Crippen molar-refractivity contribution in [2.24, 2.45) is 28.9 Å². The summed E-state index contributed by atoms with van der Waals surface area (Å²) in [6.07, 6.45) is -0.619. The van der Waals surface area contributed by atoms with Crippen molar-refractivity contribution in [3.8, 4) is 0 Å². The first kappa shape index (κ1) is 20.0. The smallest absolute Gasteiger partial charge is 0.339 e. The second-order valence-electron chi connectivity index (χ2n) is 5.09. The quantitative estimate of drug-likeness (QED) is 0.226. The summed E-state index contributed by atoms with van der Waals surface area (Å²) < 4.78 is 0. The summed E-state index contributed by atoms with van der Waals surface area (Å²) in [7, 11) is 0. The first-order valence-corrected chi connectivity index (χ1v) is 6.60. The molecule has 0 aliphatic rings. The molecule has 0 aromatic heterocycles. The summed E-state index contributed by atoms with van der Waals surface area (Å²) in [6, 6.07) is -1.16. The maximum Gasteiger partial charge on any atom is 0.339 e. The average Bonchev–Trinajstić information content (AvgIpc) is 2.39. The third-order valence-electron chi connectivity index (χ3n) is 3.24. The standard InChI is InChI=1S/C12H22N4O6/c13-7(4-5-8(14)17)10(20)6(2-1-3-9(18)19)12(15,16)11(21)22/h6-7H,1-5,13,15-16H2,(H2,14,17)(H,18,19)(H,21,22)/t6?,7-/m1/s1. The molecule has 0 aliphatic heterocycles. The van der Waals surface area contributed by atoms with Gasteiger partial charge in [-0.2, -0.15) is 0 Å². The average molecular weight is 318 g/mol. The third kappa shape index (κ3) is 6.16. The van der Waals surface area contributed by atoms with Gasteiger partial charge in [0.15, 0.2) is 11.4 Å². The fourth-order valence-corrected chi connectivity index (χ4v) is 1.92. The van der Waals surface area contributed by atoms with Crippen LogP contribution < -0.4 is 22.9 Å². The molecule has 2 atom stereocenters. The Hall–Kier alpha value is -2.04. The minimum absolute atomic E-state index is 0.0116. The number of nitrogens with two attached hydrogens (primary N) is 4. The van der Waals surface area contributed by atoms with Crippen LogP contribution in [0.25, 0.3) is 0 Å². The Morgan fingerprint density at radius 2 is 1.55 bits per heavy atom. The zero-order chi connectivity index (χ0) is 17.5. The summed E-state index contributed by atoms with van der Waals surface area (Å²) in [5.41, 5.74) is 19.1. The molecular weight excluding hydrogens is 296 g/mol. The topological polar surface area (TPSA) is 213 Å². The van der Waals surface area contributed by atoms with Gasteiger partial charge in [0.2, 0.25) is 5.91 Å². The van der Waals surface area contributed by atoms with Gasteiger partial charge in [-0.25, -0.2) is 4.79 Å². The van der Waals surface area contributed by atoms with Crippen molar-refractivity contribution < 1.29 is 29.4 Å². The molecule has 0 aromatic carbocycles. The first-order valence-electron chi connectivity index (χ1n) is 6.60. The number of hydrogen-bond acceptors (Lipinski definition) is 7. The van der Waals surface area contributed by atoms with E-state index in [2.05, 4.69) is 0 Å². The Kier molecular flexibility index (Phi) is 7.63. The number of carbonyl (C=O) groups excluding carboxylic acids is 2. The van der Waals surface area contributed by atoms with Gasteiger partial charge in [0.25, 0.3) is 0 Å². The number of ketones is 1. The number of primary amides is 1.